The maximum atomic E-state index is 11.8. The lowest BCUT2D eigenvalue weighted by molar-refractivity contribution is -0.139. The summed E-state index contributed by atoms with van der Waals surface area (Å²) in [6.07, 6.45) is -5.19. The fraction of sp³-hybridized carbons (Fsp3) is 0.364. The fourth-order valence-corrected chi connectivity index (χ4v) is 1.10. The van der Waals surface area contributed by atoms with Crippen LogP contribution in [0.25, 0.3) is 0 Å². The van der Waals surface area contributed by atoms with Crippen molar-refractivity contribution in [3.05, 3.63) is 29.8 Å². The second kappa shape index (κ2) is 5.56. The lowest BCUT2D eigenvalue weighted by atomic mass is 10.2. The van der Waals surface area contributed by atoms with Crippen molar-refractivity contribution < 1.29 is 22.6 Å². The molecule has 0 aliphatic rings. The molecule has 0 aliphatic heterocycles. The summed E-state index contributed by atoms with van der Waals surface area (Å²) in [6, 6.07) is 6.10. The summed E-state index contributed by atoms with van der Waals surface area (Å²) in [5.74, 6) is 0.328. The smallest absolute Gasteiger partial charge is 0.392 e. The van der Waals surface area contributed by atoms with Crippen molar-refractivity contribution in [1.29, 1.82) is 5.41 Å². The largest absolute Gasteiger partial charge is 0.493 e. The van der Waals surface area contributed by atoms with Gasteiger partial charge in [-0.25, -0.2) is 0 Å². The predicted molar refractivity (Wildman–Crippen MR) is 56.4 cm³/mol. The topological polar surface area (TPSA) is 42.3 Å². The van der Waals surface area contributed by atoms with Crippen LogP contribution in [0.4, 0.5) is 13.2 Å². The van der Waals surface area contributed by atoms with Crippen molar-refractivity contribution in [3.63, 3.8) is 0 Å². The normalized spacial score (nSPS) is 11.1. The Bertz CT molecular complexity index is 373. The second-order valence-corrected chi connectivity index (χ2v) is 3.27. The van der Waals surface area contributed by atoms with Crippen LogP contribution in [0.5, 0.6) is 5.75 Å². The van der Waals surface area contributed by atoms with Crippen LogP contribution in [0.1, 0.15) is 12.0 Å². The molecule has 0 heterocycles. The van der Waals surface area contributed by atoms with E-state index in [9.17, 15) is 13.2 Å². The van der Waals surface area contributed by atoms with Crippen LogP contribution in [-0.4, -0.2) is 25.8 Å². The fourth-order valence-electron chi connectivity index (χ4n) is 1.10. The molecule has 1 aromatic rings. The van der Waals surface area contributed by atoms with Gasteiger partial charge >= 0.3 is 6.18 Å². The summed E-state index contributed by atoms with van der Waals surface area (Å²) in [6.45, 7) is -0.412. The molecule has 0 amide bonds. The third-order valence-electron chi connectivity index (χ3n) is 1.97. The van der Waals surface area contributed by atoms with E-state index in [-0.39, 0.29) is 5.90 Å². The standard InChI is InChI=1S/C11H12F3NO2/c1-16-10(15)8-2-4-9(5-3-8)17-7-6-11(12,13)14/h2-5,15H,6-7H2,1H3. The lowest BCUT2D eigenvalue weighted by Gasteiger charge is -2.09. The Morgan fingerprint density at radius 2 is 1.82 bits per heavy atom. The third-order valence-corrected chi connectivity index (χ3v) is 1.97. The molecule has 0 spiro atoms. The van der Waals surface area contributed by atoms with E-state index in [2.05, 4.69) is 0 Å². The average molecular weight is 247 g/mol. The van der Waals surface area contributed by atoms with Gasteiger partial charge in [0.1, 0.15) is 5.75 Å². The number of benzene rings is 1. The van der Waals surface area contributed by atoms with Gasteiger partial charge in [-0.1, -0.05) is 0 Å². The van der Waals surface area contributed by atoms with E-state index in [1.54, 1.807) is 12.1 Å². The molecule has 6 heteroatoms. The van der Waals surface area contributed by atoms with Gasteiger partial charge in [0.2, 0.25) is 5.90 Å². The molecule has 3 nitrogen and oxygen atoms in total. The molecule has 1 aromatic carbocycles. The molecule has 0 atom stereocenters. The highest BCUT2D eigenvalue weighted by molar-refractivity contribution is 5.91. The van der Waals surface area contributed by atoms with Crippen molar-refractivity contribution in [1.82, 2.24) is 0 Å². The van der Waals surface area contributed by atoms with Gasteiger partial charge in [0.05, 0.1) is 20.1 Å². The lowest BCUT2D eigenvalue weighted by Crippen LogP contribution is -2.13. The number of halogens is 3. The van der Waals surface area contributed by atoms with Crippen LogP contribution in [0, 0.1) is 5.41 Å². The zero-order chi connectivity index (χ0) is 12.9. The highest BCUT2D eigenvalue weighted by atomic mass is 19.4. The number of hydrogen-bond donors (Lipinski definition) is 1. The number of ether oxygens (including phenoxy) is 2. The van der Waals surface area contributed by atoms with Gasteiger partial charge in [-0.2, -0.15) is 13.2 Å². The second-order valence-electron chi connectivity index (χ2n) is 3.27. The Morgan fingerprint density at radius 1 is 1.24 bits per heavy atom. The highest BCUT2D eigenvalue weighted by Gasteiger charge is 2.26. The molecule has 17 heavy (non-hydrogen) atoms. The molecule has 0 unspecified atom stereocenters. The molecule has 94 valence electrons. The molecular weight excluding hydrogens is 235 g/mol. The Balaban J connectivity index is 2.49. The SMILES string of the molecule is COC(=N)c1ccc(OCCC(F)(F)F)cc1. The predicted octanol–water partition coefficient (Wildman–Crippen LogP) is 2.99. The van der Waals surface area contributed by atoms with E-state index < -0.39 is 19.2 Å². The van der Waals surface area contributed by atoms with E-state index in [1.165, 1.54) is 19.2 Å². The summed E-state index contributed by atoms with van der Waals surface area (Å²) in [4.78, 5) is 0. The summed E-state index contributed by atoms with van der Waals surface area (Å²) >= 11 is 0. The van der Waals surface area contributed by atoms with Gasteiger partial charge in [0, 0.05) is 5.56 Å². The highest BCUT2D eigenvalue weighted by Crippen LogP contribution is 2.20. The van der Waals surface area contributed by atoms with Crippen molar-refractivity contribution in [3.8, 4) is 5.75 Å². The molecule has 0 aliphatic carbocycles. The Kier molecular flexibility index (Phi) is 4.37. The molecule has 0 fully saturated rings. The number of alkyl halides is 3. The van der Waals surface area contributed by atoms with E-state index >= 15 is 0 Å². The van der Waals surface area contributed by atoms with Crippen LogP contribution in [0.2, 0.25) is 0 Å². The van der Waals surface area contributed by atoms with Gasteiger partial charge in [-0.15, -0.1) is 0 Å². The average Bonchev–Trinajstić information content (AvgIpc) is 2.27. The Labute approximate surface area is 96.7 Å². The van der Waals surface area contributed by atoms with E-state index in [1.807, 2.05) is 0 Å². The number of hydrogen-bond acceptors (Lipinski definition) is 3. The van der Waals surface area contributed by atoms with Gasteiger partial charge < -0.3 is 9.47 Å². The molecule has 1 N–H and O–H groups in total. The van der Waals surface area contributed by atoms with E-state index in [0.29, 0.717) is 11.3 Å². The first-order chi connectivity index (χ1) is 7.92. The minimum absolute atomic E-state index is 0.00755. The first-order valence-corrected chi connectivity index (χ1v) is 4.85. The summed E-state index contributed by atoms with van der Waals surface area (Å²) in [5, 5.41) is 7.36. The third kappa shape index (κ3) is 4.76. The molecular formula is C11H12F3NO2. The summed E-state index contributed by atoms with van der Waals surface area (Å²) in [5.41, 5.74) is 0.538. The molecule has 0 saturated heterocycles. The first-order valence-electron chi connectivity index (χ1n) is 4.85. The Morgan fingerprint density at radius 3 is 2.29 bits per heavy atom. The zero-order valence-electron chi connectivity index (χ0n) is 9.17. The van der Waals surface area contributed by atoms with Gasteiger partial charge in [0.15, 0.2) is 0 Å². The van der Waals surface area contributed by atoms with Crippen LogP contribution in [0.3, 0.4) is 0 Å². The van der Waals surface area contributed by atoms with Gasteiger partial charge in [-0.05, 0) is 24.3 Å². The first kappa shape index (κ1) is 13.3. The molecule has 0 radical (unpaired) electrons. The minimum atomic E-state index is -4.21. The molecule has 0 bridgehead atoms. The van der Waals surface area contributed by atoms with Crippen molar-refractivity contribution >= 4 is 5.90 Å². The maximum absolute atomic E-state index is 11.8. The van der Waals surface area contributed by atoms with E-state index in [0.717, 1.165) is 0 Å². The van der Waals surface area contributed by atoms with Crippen molar-refractivity contribution in [2.24, 2.45) is 0 Å². The van der Waals surface area contributed by atoms with Crippen LogP contribution in [0.15, 0.2) is 24.3 Å². The van der Waals surface area contributed by atoms with E-state index in [4.69, 9.17) is 14.9 Å². The molecule has 0 aromatic heterocycles. The van der Waals surface area contributed by atoms with Gasteiger partial charge in [0.25, 0.3) is 0 Å². The monoisotopic (exact) mass is 247 g/mol. The van der Waals surface area contributed by atoms with Crippen LogP contribution < -0.4 is 4.74 Å². The molecule has 1 rings (SSSR count). The maximum Gasteiger partial charge on any atom is 0.392 e. The summed E-state index contributed by atoms with van der Waals surface area (Å²) in [7, 11) is 1.37. The summed E-state index contributed by atoms with van der Waals surface area (Å²) < 4.78 is 45.2. The number of rotatable bonds is 4. The zero-order valence-corrected chi connectivity index (χ0v) is 9.17. The Hall–Kier alpha value is -1.72. The number of methoxy groups -OCH3 is 1. The molecule has 0 saturated carbocycles. The number of nitrogens with one attached hydrogen (secondary N) is 1. The van der Waals surface area contributed by atoms with Crippen molar-refractivity contribution in [2.75, 3.05) is 13.7 Å². The minimum Gasteiger partial charge on any atom is -0.493 e. The quantitative estimate of drug-likeness (QED) is 0.656. The van der Waals surface area contributed by atoms with Gasteiger partial charge in [-0.3, -0.25) is 5.41 Å². The van der Waals surface area contributed by atoms with Crippen LogP contribution >= 0.6 is 0 Å². The van der Waals surface area contributed by atoms with Crippen molar-refractivity contribution in [2.45, 2.75) is 12.6 Å². The van der Waals surface area contributed by atoms with Crippen LogP contribution in [-0.2, 0) is 4.74 Å².